The highest BCUT2D eigenvalue weighted by Gasteiger charge is 2.26. The van der Waals surface area contributed by atoms with E-state index in [9.17, 15) is 13.2 Å². The number of amides is 1. The van der Waals surface area contributed by atoms with Crippen molar-refractivity contribution in [3.8, 4) is 0 Å². The summed E-state index contributed by atoms with van der Waals surface area (Å²) in [7, 11) is -3.89. The number of nitrogens with one attached hydrogen (secondary N) is 2. The number of hydrogen-bond acceptors (Lipinski definition) is 3. The molecule has 0 radical (unpaired) electrons. The Balaban J connectivity index is 1.88. The zero-order valence-electron chi connectivity index (χ0n) is 16.7. The van der Waals surface area contributed by atoms with Crippen molar-refractivity contribution in [3.63, 3.8) is 0 Å². The number of benzene rings is 3. The molecule has 5 nitrogen and oxygen atoms in total. The van der Waals surface area contributed by atoms with Crippen LogP contribution in [0, 0.1) is 13.8 Å². The van der Waals surface area contributed by atoms with Gasteiger partial charge in [-0.1, -0.05) is 65.7 Å². The predicted molar refractivity (Wildman–Crippen MR) is 120 cm³/mol. The Bertz CT molecular complexity index is 1130. The Hall–Kier alpha value is -2.67. The van der Waals surface area contributed by atoms with Gasteiger partial charge in [-0.15, -0.1) is 0 Å². The average Bonchev–Trinajstić information content (AvgIpc) is 2.72. The zero-order valence-corrected chi connectivity index (χ0v) is 18.3. The van der Waals surface area contributed by atoms with Crippen LogP contribution in [0.25, 0.3) is 0 Å². The molecule has 0 aliphatic carbocycles. The Morgan fingerprint density at radius 3 is 2.27 bits per heavy atom. The van der Waals surface area contributed by atoms with Gasteiger partial charge < -0.3 is 5.32 Å². The monoisotopic (exact) mass is 442 g/mol. The van der Waals surface area contributed by atoms with E-state index in [0.717, 1.165) is 11.1 Å². The molecule has 0 bridgehead atoms. The summed E-state index contributed by atoms with van der Waals surface area (Å²) in [6.45, 7) is 3.67. The van der Waals surface area contributed by atoms with Gasteiger partial charge in [0.2, 0.25) is 15.9 Å². The lowest BCUT2D eigenvalue weighted by molar-refractivity contribution is -0.117. The van der Waals surface area contributed by atoms with Gasteiger partial charge in [-0.3, -0.25) is 4.79 Å². The molecule has 0 spiro atoms. The highest BCUT2D eigenvalue weighted by molar-refractivity contribution is 7.89. The third-order valence-corrected chi connectivity index (χ3v) is 6.65. The molecule has 0 aliphatic heterocycles. The average molecular weight is 443 g/mol. The summed E-state index contributed by atoms with van der Waals surface area (Å²) in [5.41, 5.74) is 3.04. The fraction of sp³-hybridized carbons (Fsp3) is 0.174. The van der Waals surface area contributed by atoms with Crippen molar-refractivity contribution in [3.05, 3.63) is 94.5 Å². The van der Waals surface area contributed by atoms with Crippen LogP contribution in [0.4, 0.5) is 5.69 Å². The maximum absolute atomic E-state index is 13.1. The molecule has 1 atom stereocenters. The van der Waals surface area contributed by atoms with Crippen molar-refractivity contribution in [2.75, 3.05) is 5.32 Å². The first kappa shape index (κ1) is 22.0. The van der Waals surface area contributed by atoms with E-state index in [2.05, 4.69) is 10.0 Å². The Labute approximate surface area is 182 Å². The van der Waals surface area contributed by atoms with Crippen molar-refractivity contribution >= 4 is 33.2 Å². The van der Waals surface area contributed by atoms with Crippen LogP contribution >= 0.6 is 11.6 Å². The maximum Gasteiger partial charge on any atom is 0.242 e. The highest BCUT2D eigenvalue weighted by atomic mass is 35.5. The van der Waals surface area contributed by atoms with Crippen molar-refractivity contribution in [1.29, 1.82) is 0 Å². The van der Waals surface area contributed by atoms with Gasteiger partial charge in [-0.05, 0) is 55.7 Å². The largest absolute Gasteiger partial charge is 0.324 e. The van der Waals surface area contributed by atoms with E-state index in [1.54, 1.807) is 37.3 Å². The molecule has 0 saturated carbocycles. The first-order valence-electron chi connectivity index (χ1n) is 9.45. The minimum Gasteiger partial charge on any atom is -0.324 e. The second-order valence-corrected chi connectivity index (χ2v) is 9.20. The van der Waals surface area contributed by atoms with Gasteiger partial charge in [0, 0.05) is 10.7 Å². The molecule has 30 heavy (non-hydrogen) atoms. The van der Waals surface area contributed by atoms with Gasteiger partial charge in [0.15, 0.2) is 0 Å². The lowest BCUT2D eigenvalue weighted by Crippen LogP contribution is -2.45. The topological polar surface area (TPSA) is 75.3 Å². The Kier molecular flexibility index (Phi) is 6.92. The minimum absolute atomic E-state index is 0.109. The molecule has 0 fully saturated rings. The summed E-state index contributed by atoms with van der Waals surface area (Å²) >= 11 is 6.14. The van der Waals surface area contributed by atoms with Crippen molar-refractivity contribution in [2.24, 2.45) is 0 Å². The summed E-state index contributed by atoms with van der Waals surface area (Å²) in [5, 5.41) is 3.33. The highest BCUT2D eigenvalue weighted by Crippen LogP contribution is 2.23. The smallest absolute Gasteiger partial charge is 0.242 e. The summed E-state index contributed by atoms with van der Waals surface area (Å²) < 4.78 is 28.4. The zero-order chi connectivity index (χ0) is 21.7. The lowest BCUT2D eigenvalue weighted by Gasteiger charge is -2.20. The number of halogens is 1. The molecule has 0 aromatic heterocycles. The standard InChI is InChI=1S/C23H23ClN2O3S/c1-16-11-13-19(14-12-16)30(28,29)26-22(15-18-7-4-3-5-8-18)23(27)25-21-10-6-9-20(24)17(21)2/h3-14,22,26H,15H2,1-2H3,(H,25,27). The molecule has 2 N–H and O–H groups in total. The molecule has 0 heterocycles. The Morgan fingerprint density at radius 2 is 1.60 bits per heavy atom. The predicted octanol–water partition coefficient (Wildman–Crippen LogP) is 4.49. The van der Waals surface area contributed by atoms with E-state index in [-0.39, 0.29) is 11.3 Å². The van der Waals surface area contributed by atoms with E-state index in [1.165, 1.54) is 12.1 Å². The number of anilines is 1. The summed E-state index contributed by atoms with van der Waals surface area (Å²) in [5.74, 6) is -0.458. The maximum atomic E-state index is 13.1. The van der Waals surface area contributed by atoms with E-state index in [0.29, 0.717) is 16.3 Å². The second-order valence-electron chi connectivity index (χ2n) is 7.08. The van der Waals surface area contributed by atoms with Crippen LogP contribution in [0.3, 0.4) is 0 Å². The van der Waals surface area contributed by atoms with E-state index < -0.39 is 22.0 Å². The van der Waals surface area contributed by atoms with Crippen molar-refractivity contribution < 1.29 is 13.2 Å². The fourth-order valence-corrected chi connectivity index (χ4v) is 4.34. The number of hydrogen-bond donors (Lipinski definition) is 2. The third-order valence-electron chi connectivity index (χ3n) is 4.75. The molecular weight excluding hydrogens is 420 g/mol. The van der Waals surface area contributed by atoms with Crippen LogP contribution < -0.4 is 10.0 Å². The number of carbonyl (C=O) groups is 1. The van der Waals surface area contributed by atoms with E-state index >= 15 is 0 Å². The van der Waals surface area contributed by atoms with Gasteiger partial charge >= 0.3 is 0 Å². The van der Waals surface area contributed by atoms with Crippen molar-refractivity contribution in [2.45, 2.75) is 31.2 Å². The van der Waals surface area contributed by atoms with E-state index in [4.69, 9.17) is 11.6 Å². The molecular formula is C23H23ClN2O3S. The van der Waals surface area contributed by atoms with Crippen LogP contribution in [0.2, 0.25) is 5.02 Å². The Morgan fingerprint density at radius 1 is 0.933 bits per heavy atom. The van der Waals surface area contributed by atoms with Gasteiger partial charge in [-0.2, -0.15) is 4.72 Å². The first-order chi connectivity index (χ1) is 14.3. The molecule has 0 saturated heterocycles. The normalized spacial score (nSPS) is 12.4. The molecule has 156 valence electrons. The third kappa shape index (κ3) is 5.48. The SMILES string of the molecule is Cc1ccc(S(=O)(=O)NC(Cc2ccccc2)C(=O)Nc2cccc(Cl)c2C)cc1. The first-order valence-corrected chi connectivity index (χ1v) is 11.3. The van der Waals surface area contributed by atoms with Gasteiger partial charge in [0.25, 0.3) is 0 Å². The number of rotatable bonds is 7. The molecule has 0 aliphatic rings. The summed E-state index contributed by atoms with van der Waals surface area (Å²) in [4.78, 5) is 13.2. The molecule has 7 heteroatoms. The van der Waals surface area contributed by atoms with Crippen LogP contribution in [0.5, 0.6) is 0 Å². The number of aryl methyl sites for hydroxylation is 1. The molecule has 1 amide bonds. The minimum atomic E-state index is -3.89. The second kappa shape index (κ2) is 9.43. The van der Waals surface area contributed by atoms with Crippen LogP contribution in [-0.2, 0) is 21.2 Å². The van der Waals surface area contributed by atoms with Gasteiger partial charge in [0.1, 0.15) is 6.04 Å². The molecule has 3 aromatic rings. The quantitative estimate of drug-likeness (QED) is 0.566. The molecule has 3 aromatic carbocycles. The number of sulfonamides is 1. The number of carbonyl (C=O) groups excluding carboxylic acids is 1. The molecule has 3 rings (SSSR count). The van der Waals surface area contributed by atoms with Gasteiger partial charge in [0.05, 0.1) is 4.90 Å². The van der Waals surface area contributed by atoms with Crippen LogP contribution in [0.1, 0.15) is 16.7 Å². The van der Waals surface area contributed by atoms with Crippen LogP contribution in [0.15, 0.2) is 77.7 Å². The summed E-state index contributed by atoms with van der Waals surface area (Å²) in [6.07, 6.45) is 0.206. The molecule has 1 unspecified atom stereocenters. The summed E-state index contributed by atoms with van der Waals surface area (Å²) in [6, 6.07) is 19.9. The van der Waals surface area contributed by atoms with Crippen LogP contribution in [-0.4, -0.2) is 20.4 Å². The van der Waals surface area contributed by atoms with Gasteiger partial charge in [-0.25, -0.2) is 8.42 Å². The van der Waals surface area contributed by atoms with Crippen molar-refractivity contribution in [1.82, 2.24) is 4.72 Å². The lowest BCUT2D eigenvalue weighted by atomic mass is 10.1. The fourth-order valence-electron chi connectivity index (χ4n) is 2.97. The van der Waals surface area contributed by atoms with E-state index in [1.807, 2.05) is 37.3 Å².